The van der Waals surface area contributed by atoms with E-state index < -0.39 is 0 Å². The largest absolute Gasteiger partial charge is 0.307 e. The van der Waals surface area contributed by atoms with E-state index in [9.17, 15) is 0 Å². The first-order valence-corrected chi connectivity index (χ1v) is 6.99. The predicted molar refractivity (Wildman–Crippen MR) is 74.1 cm³/mol. The number of hydrogen-bond donors (Lipinski definition) is 1. The molecule has 1 nitrogen and oxygen atoms in total. The van der Waals surface area contributed by atoms with Gasteiger partial charge in [0.25, 0.3) is 0 Å². The minimum atomic E-state index is 0.473. The van der Waals surface area contributed by atoms with Crippen LogP contribution in [0.3, 0.4) is 0 Å². The van der Waals surface area contributed by atoms with Crippen molar-refractivity contribution in [2.45, 2.75) is 58.5 Å². The van der Waals surface area contributed by atoms with Crippen LogP contribution in [-0.2, 0) is 0 Å². The van der Waals surface area contributed by atoms with Crippen LogP contribution in [0.25, 0.3) is 0 Å². The lowest BCUT2D eigenvalue weighted by molar-refractivity contribution is 0.263. The summed E-state index contributed by atoms with van der Waals surface area (Å²) in [6.45, 7) is 6.84. The Labute approximate surface area is 106 Å². The van der Waals surface area contributed by atoms with Gasteiger partial charge in [-0.1, -0.05) is 49.6 Å². The lowest BCUT2D eigenvalue weighted by Gasteiger charge is -2.32. The van der Waals surface area contributed by atoms with Gasteiger partial charge in [0.05, 0.1) is 0 Å². The molecule has 3 atom stereocenters. The maximum atomic E-state index is 3.81. The molecule has 0 amide bonds. The second kappa shape index (κ2) is 5.68. The first-order chi connectivity index (χ1) is 8.16. The highest BCUT2D eigenvalue weighted by Gasteiger charge is 2.22. The Morgan fingerprint density at radius 3 is 2.71 bits per heavy atom. The monoisotopic (exact) mass is 231 g/mol. The molecule has 17 heavy (non-hydrogen) atoms. The fourth-order valence-corrected chi connectivity index (χ4v) is 2.92. The zero-order valence-corrected chi connectivity index (χ0v) is 11.4. The van der Waals surface area contributed by atoms with Crippen molar-refractivity contribution in [2.75, 3.05) is 0 Å². The van der Waals surface area contributed by atoms with Crippen LogP contribution in [0.5, 0.6) is 0 Å². The third-order valence-electron chi connectivity index (χ3n) is 4.12. The van der Waals surface area contributed by atoms with E-state index in [-0.39, 0.29) is 0 Å². The van der Waals surface area contributed by atoms with E-state index in [1.54, 1.807) is 0 Å². The summed E-state index contributed by atoms with van der Waals surface area (Å²) >= 11 is 0. The average molecular weight is 231 g/mol. The van der Waals surface area contributed by atoms with Crippen molar-refractivity contribution in [3.8, 4) is 0 Å². The Morgan fingerprint density at radius 2 is 2.00 bits per heavy atom. The summed E-state index contributed by atoms with van der Waals surface area (Å²) in [7, 11) is 0. The SMILES string of the molecule is Cc1cccc([C@@H](C)NC2CCCCC2C)c1. The highest BCUT2D eigenvalue weighted by Crippen LogP contribution is 2.26. The molecule has 0 aliphatic heterocycles. The molecule has 0 radical (unpaired) electrons. The molecule has 0 aromatic heterocycles. The minimum absolute atomic E-state index is 0.473. The maximum Gasteiger partial charge on any atom is 0.0294 e. The van der Waals surface area contributed by atoms with Crippen molar-refractivity contribution in [1.29, 1.82) is 0 Å². The molecule has 1 aromatic carbocycles. The summed E-state index contributed by atoms with van der Waals surface area (Å²) in [5.74, 6) is 0.830. The molecule has 2 unspecified atom stereocenters. The highest BCUT2D eigenvalue weighted by molar-refractivity contribution is 5.24. The van der Waals surface area contributed by atoms with E-state index in [0.717, 1.165) is 5.92 Å². The van der Waals surface area contributed by atoms with Crippen molar-refractivity contribution in [3.05, 3.63) is 35.4 Å². The van der Waals surface area contributed by atoms with E-state index in [1.165, 1.54) is 36.8 Å². The molecule has 1 aliphatic rings. The number of rotatable bonds is 3. The van der Waals surface area contributed by atoms with Crippen molar-refractivity contribution in [2.24, 2.45) is 5.92 Å². The van der Waals surface area contributed by atoms with Gasteiger partial charge in [-0.15, -0.1) is 0 Å². The van der Waals surface area contributed by atoms with Gasteiger partial charge in [0, 0.05) is 12.1 Å². The molecular formula is C16H25N. The molecule has 1 heteroatoms. The zero-order chi connectivity index (χ0) is 12.3. The van der Waals surface area contributed by atoms with Crippen LogP contribution in [-0.4, -0.2) is 6.04 Å². The number of hydrogen-bond acceptors (Lipinski definition) is 1. The first kappa shape index (κ1) is 12.6. The molecule has 2 rings (SSSR count). The topological polar surface area (TPSA) is 12.0 Å². The molecule has 1 saturated carbocycles. The predicted octanol–water partition coefficient (Wildman–Crippen LogP) is 4.22. The highest BCUT2D eigenvalue weighted by atomic mass is 15.0. The fourth-order valence-electron chi connectivity index (χ4n) is 2.92. The Morgan fingerprint density at radius 1 is 1.24 bits per heavy atom. The van der Waals surface area contributed by atoms with Crippen LogP contribution >= 0.6 is 0 Å². The standard InChI is InChI=1S/C16H25N/c1-12-7-6-9-15(11-12)14(3)17-16-10-5-4-8-13(16)2/h6-7,9,11,13-14,16-17H,4-5,8,10H2,1-3H3/t13?,14-,16?/m1/s1. The molecular weight excluding hydrogens is 206 g/mol. The van der Waals surface area contributed by atoms with Gasteiger partial charge < -0.3 is 5.32 Å². The molecule has 94 valence electrons. The molecule has 0 bridgehead atoms. The maximum absolute atomic E-state index is 3.81. The summed E-state index contributed by atoms with van der Waals surface area (Å²) in [6.07, 6.45) is 5.54. The Kier molecular flexibility index (Phi) is 4.22. The van der Waals surface area contributed by atoms with E-state index in [2.05, 4.69) is 50.4 Å². The molecule has 1 aliphatic carbocycles. The average Bonchev–Trinajstić information content (AvgIpc) is 2.32. The van der Waals surface area contributed by atoms with Crippen molar-refractivity contribution < 1.29 is 0 Å². The van der Waals surface area contributed by atoms with Gasteiger partial charge in [0.1, 0.15) is 0 Å². The van der Waals surface area contributed by atoms with E-state index in [1.807, 2.05) is 0 Å². The molecule has 0 heterocycles. The van der Waals surface area contributed by atoms with Gasteiger partial charge in [-0.3, -0.25) is 0 Å². The third-order valence-corrected chi connectivity index (χ3v) is 4.12. The molecule has 0 spiro atoms. The van der Waals surface area contributed by atoms with Crippen molar-refractivity contribution >= 4 is 0 Å². The number of benzene rings is 1. The molecule has 1 N–H and O–H groups in total. The van der Waals surface area contributed by atoms with Crippen LogP contribution in [0.15, 0.2) is 24.3 Å². The van der Waals surface area contributed by atoms with Crippen molar-refractivity contribution in [3.63, 3.8) is 0 Å². The Balaban J connectivity index is 1.98. The van der Waals surface area contributed by atoms with Crippen LogP contribution in [0.4, 0.5) is 0 Å². The van der Waals surface area contributed by atoms with Crippen LogP contribution in [0.2, 0.25) is 0 Å². The van der Waals surface area contributed by atoms with Gasteiger partial charge in [-0.2, -0.15) is 0 Å². The lowest BCUT2D eigenvalue weighted by Crippen LogP contribution is -2.38. The van der Waals surface area contributed by atoms with E-state index >= 15 is 0 Å². The zero-order valence-electron chi connectivity index (χ0n) is 11.4. The summed E-state index contributed by atoms with van der Waals surface area (Å²) in [4.78, 5) is 0. The summed E-state index contributed by atoms with van der Waals surface area (Å²) in [5.41, 5.74) is 2.77. The summed E-state index contributed by atoms with van der Waals surface area (Å²) in [5, 5.41) is 3.81. The van der Waals surface area contributed by atoms with Crippen molar-refractivity contribution in [1.82, 2.24) is 5.32 Å². The second-order valence-corrected chi connectivity index (χ2v) is 5.67. The molecule has 0 saturated heterocycles. The summed E-state index contributed by atoms with van der Waals surface area (Å²) < 4.78 is 0. The number of nitrogens with one attached hydrogen (secondary N) is 1. The van der Waals surface area contributed by atoms with Crippen LogP contribution in [0, 0.1) is 12.8 Å². The van der Waals surface area contributed by atoms with Gasteiger partial charge in [-0.05, 0) is 38.2 Å². The molecule has 1 fully saturated rings. The quantitative estimate of drug-likeness (QED) is 0.821. The third kappa shape index (κ3) is 3.32. The van der Waals surface area contributed by atoms with Crippen LogP contribution < -0.4 is 5.32 Å². The smallest absolute Gasteiger partial charge is 0.0294 e. The number of aryl methyl sites for hydroxylation is 1. The van der Waals surface area contributed by atoms with Gasteiger partial charge in [0.15, 0.2) is 0 Å². The van der Waals surface area contributed by atoms with Crippen LogP contribution in [0.1, 0.15) is 56.7 Å². The minimum Gasteiger partial charge on any atom is -0.307 e. The van der Waals surface area contributed by atoms with Gasteiger partial charge in [0.2, 0.25) is 0 Å². The fraction of sp³-hybridized carbons (Fsp3) is 0.625. The van der Waals surface area contributed by atoms with E-state index in [0.29, 0.717) is 12.1 Å². The van der Waals surface area contributed by atoms with E-state index in [4.69, 9.17) is 0 Å². The van der Waals surface area contributed by atoms with Gasteiger partial charge >= 0.3 is 0 Å². The summed E-state index contributed by atoms with van der Waals surface area (Å²) in [6, 6.07) is 10.0. The Hall–Kier alpha value is -0.820. The normalized spacial score (nSPS) is 26.8. The van der Waals surface area contributed by atoms with Gasteiger partial charge in [-0.25, -0.2) is 0 Å². The lowest BCUT2D eigenvalue weighted by atomic mass is 9.85. The second-order valence-electron chi connectivity index (χ2n) is 5.67. The molecule has 1 aromatic rings. The Bertz CT molecular complexity index is 358. The first-order valence-electron chi connectivity index (χ1n) is 6.99.